The average molecular weight is 301 g/mol. The Morgan fingerprint density at radius 2 is 2.00 bits per heavy atom. The molecule has 1 aromatic rings. The zero-order chi connectivity index (χ0) is 15.6. The molecule has 5 nitrogen and oxygen atoms in total. The van der Waals surface area contributed by atoms with Crippen LogP contribution in [0.25, 0.3) is 0 Å². The first-order valence-electron chi connectivity index (χ1n) is 6.27. The number of anilines is 1. The van der Waals surface area contributed by atoms with Gasteiger partial charge >= 0.3 is 6.09 Å². The largest absolute Gasteiger partial charge is 0.444 e. The molecule has 0 saturated heterocycles. The molecule has 0 radical (unpaired) electrons. The van der Waals surface area contributed by atoms with Crippen LogP contribution >= 0.6 is 11.6 Å². The number of nitrogens with two attached hydrogens (primary N) is 1. The van der Waals surface area contributed by atoms with E-state index in [9.17, 15) is 9.90 Å². The zero-order valence-electron chi connectivity index (χ0n) is 12.2. The number of ether oxygens (including phenoxy) is 1. The highest BCUT2D eigenvalue weighted by Gasteiger charge is 2.26. The maximum Gasteiger partial charge on any atom is 0.412 e. The molecule has 1 rings (SSSR count). The van der Waals surface area contributed by atoms with Gasteiger partial charge in [-0.3, -0.25) is 5.32 Å². The summed E-state index contributed by atoms with van der Waals surface area (Å²) in [6.45, 7) is 6.86. The van der Waals surface area contributed by atoms with E-state index in [-0.39, 0.29) is 6.54 Å². The second kappa shape index (κ2) is 5.99. The molecule has 0 spiro atoms. The highest BCUT2D eigenvalue weighted by atomic mass is 35.5. The lowest BCUT2D eigenvalue weighted by Gasteiger charge is -2.26. The number of rotatable bonds is 3. The van der Waals surface area contributed by atoms with Crippen LogP contribution in [0.15, 0.2) is 18.2 Å². The molecule has 0 fully saturated rings. The van der Waals surface area contributed by atoms with E-state index in [4.69, 9.17) is 22.1 Å². The van der Waals surface area contributed by atoms with E-state index in [0.717, 1.165) is 0 Å². The fourth-order valence-corrected chi connectivity index (χ4v) is 1.77. The molecule has 1 aromatic carbocycles. The number of aliphatic hydroxyl groups is 1. The highest BCUT2D eigenvalue weighted by Crippen LogP contribution is 2.30. The summed E-state index contributed by atoms with van der Waals surface area (Å²) in [5, 5.41) is 13.3. The molecule has 6 heteroatoms. The Balaban J connectivity index is 3.04. The minimum Gasteiger partial charge on any atom is -0.444 e. The number of nitrogens with one attached hydrogen (secondary N) is 1. The maximum atomic E-state index is 11.8. The summed E-state index contributed by atoms with van der Waals surface area (Å²) in [6.07, 6.45) is -0.603. The van der Waals surface area contributed by atoms with Gasteiger partial charge in [0.15, 0.2) is 0 Å². The van der Waals surface area contributed by atoms with E-state index in [0.29, 0.717) is 16.3 Å². The molecule has 0 saturated carbocycles. The molecule has 0 bridgehead atoms. The van der Waals surface area contributed by atoms with E-state index in [2.05, 4.69) is 5.32 Å². The van der Waals surface area contributed by atoms with Crippen molar-refractivity contribution in [1.29, 1.82) is 0 Å². The van der Waals surface area contributed by atoms with Gasteiger partial charge in [-0.15, -0.1) is 0 Å². The predicted octanol–water partition coefficient (Wildman–Crippen LogP) is 2.85. The van der Waals surface area contributed by atoms with Crippen molar-refractivity contribution < 1.29 is 14.6 Å². The van der Waals surface area contributed by atoms with Crippen LogP contribution in [-0.4, -0.2) is 23.3 Å². The molecule has 1 unspecified atom stereocenters. The van der Waals surface area contributed by atoms with E-state index in [1.54, 1.807) is 45.9 Å². The number of halogens is 1. The van der Waals surface area contributed by atoms with Gasteiger partial charge in [0.2, 0.25) is 0 Å². The minimum absolute atomic E-state index is 0.00363. The lowest BCUT2D eigenvalue weighted by Crippen LogP contribution is -2.33. The van der Waals surface area contributed by atoms with E-state index >= 15 is 0 Å². The van der Waals surface area contributed by atoms with Crippen molar-refractivity contribution in [2.75, 3.05) is 11.9 Å². The second-order valence-corrected chi connectivity index (χ2v) is 6.23. The van der Waals surface area contributed by atoms with Crippen molar-refractivity contribution >= 4 is 23.4 Å². The second-order valence-electron chi connectivity index (χ2n) is 5.79. The lowest BCUT2D eigenvalue weighted by atomic mass is 9.94. The Kier molecular flexibility index (Phi) is 5.02. The number of hydrogen-bond donors (Lipinski definition) is 3. The van der Waals surface area contributed by atoms with Crippen LogP contribution in [0, 0.1) is 0 Å². The summed E-state index contributed by atoms with van der Waals surface area (Å²) in [5.41, 5.74) is 4.51. The van der Waals surface area contributed by atoms with Crippen molar-refractivity contribution in [3.8, 4) is 0 Å². The number of benzene rings is 1. The lowest BCUT2D eigenvalue weighted by molar-refractivity contribution is 0.0624. The Morgan fingerprint density at radius 1 is 1.40 bits per heavy atom. The van der Waals surface area contributed by atoms with E-state index in [1.165, 1.54) is 0 Å². The fourth-order valence-electron chi connectivity index (χ4n) is 1.59. The topological polar surface area (TPSA) is 84.6 Å². The molecule has 0 aliphatic heterocycles. The van der Waals surface area contributed by atoms with Crippen LogP contribution in [0.1, 0.15) is 33.3 Å². The number of hydrogen-bond acceptors (Lipinski definition) is 4. The molecule has 20 heavy (non-hydrogen) atoms. The molecular weight excluding hydrogens is 280 g/mol. The predicted molar refractivity (Wildman–Crippen MR) is 79.9 cm³/mol. The van der Waals surface area contributed by atoms with Gasteiger partial charge in [-0.25, -0.2) is 4.79 Å². The summed E-state index contributed by atoms with van der Waals surface area (Å²) in [5.74, 6) is 0. The Hall–Kier alpha value is -1.30. The third-order valence-electron chi connectivity index (χ3n) is 2.59. The summed E-state index contributed by atoms with van der Waals surface area (Å²) in [7, 11) is 0. The number of carbonyl (C=O) groups excluding carboxylic acids is 1. The van der Waals surface area contributed by atoms with Gasteiger partial charge in [-0.05, 0) is 45.9 Å². The van der Waals surface area contributed by atoms with E-state index in [1.807, 2.05) is 0 Å². The molecule has 1 amide bonds. The Labute approximate surface area is 124 Å². The van der Waals surface area contributed by atoms with Gasteiger partial charge in [-0.2, -0.15) is 0 Å². The third kappa shape index (κ3) is 4.67. The van der Waals surface area contributed by atoms with Gasteiger partial charge in [0.25, 0.3) is 0 Å². The molecule has 0 aromatic heterocycles. The maximum absolute atomic E-state index is 11.8. The Bertz CT molecular complexity index is 496. The summed E-state index contributed by atoms with van der Waals surface area (Å²) in [4.78, 5) is 11.8. The SMILES string of the molecule is CC(C)(C)OC(=O)Nc1ccc(Cl)cc1C(C)(O)CN. The van der Waals surface area contributed by atoms with Crippen LogP contribution in [0.5, 0.6) is 0 Å². The quantitative estimate of drug-likeness (QED) is 0.801. The van der Waals surface area contributed by atoms with Crippen molar-refractivity contribution in [3.63, 3.8) is 0 Å². The highest BCUT2D eigenvalue weighted by molar-refractivity contribution is 6.30. The molecular formula is C14H21ClN2O3. The average Bonchev–Trinajstić information content (AvgIpc) is 2.29. The fraction of sp³-hybridized carbons (Fsp3) is 0.500. The van der Waals surface area contributed by atoms with E-state index < -0.39 is 17.3 Å². The first-order valence-corrected chi connectivity index (χ1v) is 6.65. The standard InChI is InChI=1S/C14H21ClN2O3/c1-13(2,3)20-12(18)17-11-6-5-9(15)7-10(11)14(4,19)8-16/h5-7,19H,8,16H2,1-4H3,(H,17,18). The summed E-state index contributed by atoms with van der Waals surface area (Å²) >= 11 is 5.93. The van der Waals surface area contributed by atoms with Crippen LogP contribution in [0.3, 0.4) is 0 Å². The first kappa shape index (κ1) is 16.8. The molecule has 4 N–H and O–H groups in total. The minimum atomic E-state index is -1.30. The molecule has 0 aliphatic carbocycles. The van der Waals surface area contributed by atoms with Crippen LogP contribution in [0.4, 0.5) is 10.5 Å². The zero-order valence-corrected chi connectivity index (χ0v) is 12.9. The Morgan fingerprint density at radius 3 is 2.50 bits per heavy atom. The smallest absolute Gasteiger partial charge is 0.412 e. The van der Waals surface area contributed by atoms with Crippen molar-refractivity contribution in [2.45, 2.75) is 38.9 Å². The number of amides is 1. The summed E-state index contributed by atoms with van der Waals surface area (Å²) in [6, 6.07) is 4.79. The van der Waals surface area contributed by atoms with Crippen LogP contribution in [-0.2, 0) is 10.3 Å². The monoisotopic (exact) mass is 300 g/mol. The van der Waals surface area contributed by atoms with Crippen molar-refractivity contribution in [2.24, 2.45) is 5.73 Å². The molecule has 1 atom stereocenters. The van der Waals surface area contributed by atoms with Gasteiger partial charge < -0.3 is 15.6 Å². The van der Waals surface area contributed by atoms with Crippen molar-refractivity contribution in [3.05, 3.63) is 28.8 Å². The molecule has 112 valence electrons. The first-order chi connectivity index (χ1) is 9.05. The van der Waals surface area contributed by atoms with Gasteiger partial charge in [0.05, 0.1) is 5.69 Å². The van der Waals surface area contributed by atoms with Crippen LogP contribution < -0.4 is 11.1 Å². The molecule has 0 heterocycles. The third-order valence-corrected chi connectivity index (χ3v) is 2.83. The van der Waals surface area contributed by atoms with Crippen LogP contribution in [0.2, 0.25) is 5.02 Å². The normalized spacial score (nSPS) is 14.6. The van der Waals surface area contributed by atoms with Gasteiger partial charge in [0.1, 0.15) is 11.2 Å². The van der Waals surface area contributed by atoms with Gasteiger partial charge in [-0.1, -0.05) is 11.6 Å². The molecule has 0 aliphatic rings. The summed E-state index contributed by atoms with van der Waals surface area (Å²) < 4.78 is 5.18. The van der Waals surface area contributed by atoms with Gasteiger partial charge in [0, 0.05) is 17.1 Å². The van der Waals surface area contributed by atoms with Crippen molar-refractivity contribution in [1.82, 2.24) is 0 Å². The number of carbonyl (C=O) groups is 1.